The molecular formula is C10H10N2O2. The van der Waals surface area contributed by atoms with Crippen LogP contribution in [0.4, 0.5) is 5.82 Å². The fourth-order valence-electron chi connectivity index (χ4n) is 0.914. The van der Waals surface area contributed by atoms with Gasteiger partial charge in [-0.25, -0.2) is 9.78 Å². The molecule has 1 aromatic heterocycles. The quantitative estimate of drug-likeness (QED) is 0.568. The number of pyridine rings is 1. The summed E-state index contributed by atoms with van der Waals surface area (Å²) >= 11 is 0. The van der Waals surface area contributed by atoms with Crippen LogP contribution in [0.3, 0.4) is 0 Å². The van der Waals surface area contributed by atoms with Gasteiger partial charge in [0.25, 0.3) is 0 Å². The molecule has 4 nitrogen and oxygen atoms in total. The van der Waals surface area contributed by atoms with Crippen molar-refractivity contribution >= 4 is 11.8 Å². The number of nitrogens with one attached hydrogen (secondary N) is 1. The predicted octanol–water partition coefficient (Wildman–Crippen LogP) is 0.913. The van der Waals surface area contributed by atoms with Gasteiger partial charge in [0.15, 0.2) is 0 Å². The van der Waals surface area contributed by atoms with Gasteiger partial charge in [-0.2, -0.15) is 0 Å². The summed E-state index contributed by atoms with van der Waals surface area (Å²) in [6, 6.07) is 3.16. The minimum atomic E-state index is -0.392. The Balaban J connectivity index is 2.79. The van der Waals surface area contributed by atoms with Crippen molar-refractivity contribution in [1.82, 2.24) is 4.98 Å². The van der Waals surface area contributed by atoms with Crippen LogP contribution in [0, 0.1) is 12.3 Å². The molecule has 14 heavy (non-hydrogen) atoms. The standard InChI is InChI=1S/C10H10N2O2/c1-3-5-11-9-7-8(4-6-12-9)10(13)14-2/h1,4,6-7H,5H2,2H3,(H,11,12). The van der Waals surface area contributed by atoms with Crippen LogP contribution in [-0.4, -0.2) is 24.6 Å². The van der Waals surface area contributed by atoms with E-state index in [0.29, 0.717) is 17.9 Å². The van der Waals surface area contributed by atoms with Crippen LogP contribution in [0.2, 0.25) is 0 Å². The van der Waals surface area contributed by atoms with Crippen LogP contribution in [0.15, 0.2) is 18.3 Å². The van der Waals surface area contributed by atoms with Gasteiger partial charge in [0, 0.05) is 6.20 Å². The van der Waals surface area contributed by atoms with Crippen LogP contribution in [0.25, 0.3) is 0 Å². The Morgan fingerprint density at radius 2 is 2.57 bits per heavy atom. The van der Waals surface area contributed by atoms with Crippen LogP contribution in [0.5, 0.6) is 0 Å². The smallest absolute Gasteiger partial charge is 0.338 e. The first kappa shape index (κ1) is 10.1. The minimum absolute atomic E-state index is 0.373. The molecule has 1 heterocycles. The number of ether oxygens (including phenoxy) is 1. The van der Waals surface area contributed by atoms with E-state index in [2.05, 4.69) is 21.0 Å². The number of nitrogens with zero attached hydrogens (tertiary/aromatic N) is 1. The van der Waals surface area contributed by atoms with Gasteiger partial charge in [-0.3, -0.25) is 0 Å². The summed E-state index contributed by atoms with van der Waals surface area (Å²) in [5.74, 6) is 2.58. The highest BCUT2D eigenvalue weighted by Crippen LogP contribution is 2.07. The lowest BCUT2D eigenvalue weighted by Crippen LogP contribution is -2.05. The molecule has 0 radical (unpaired) electrons. The number of aromatic nitrogens is 1. The first-order chi connectivity index (χ1) is 6.77. The zero-order chi connectivity index (χ0) is 10.4. The fourth-order valence-corrected chi connectivity index (χ4v) is 0.914. The van der Waals surface area contributed by atoms with E-state index in [1.165, 1.54) is 13.3 Å². The number of esters is 1. The molecule has 4 heteroatoms. The van der Waals surface area contributed by atoms with Crippen molar-refractivity contribution in [2.45, 2.75) is 0 Å². The van der Waals surface area contributed by atoms with Crippen molar-refractivity contribution in [3.63, 3.8) is 0 Å². The van der Waals surface area contributed by atoms with Gasteiger partial charge in [0.05, 0.1) is 19.2 Å². The van der Waals surface area contributed by atoms with E-state index in [9.17, 15) is 4.79 Å². The SMILES string of the molecule is C#CCNc1cc(C(=O)OC)ccn1. The first-order valence-corrected chi connectivity index (χ1v) is 3.99. The number of carbonyl (C=O) groups excluding carboxylic acids is 1. The molecular weight excluding hydrogens is 180 g/mol. The van der Waals surface area contributed by atoms with Crippen LogP contribution in [-0.2, 0) is 4.74 Å². The van der Waals surface area contributed by atoms with E-state index in [-0.39, 0.29) is 0 Å². The number of methoxy groups -OCH3 is 1. The molecule has 72 valence electrons. The summed E-state index contributed by atoms with van der Waals surface area (Å²) in [6.45, 7) is 0.373. The molecule has 0 amide bonds. The molecule has 0 aliphatic carbocycles. The summed E-state index contributed by atoms with van der Waals surface area (Å²) in [5.41, 5.74) is 0.446. The molecule has 0 aliphatic rings. The van der Waals surface area contributed by atoms with Crippen molar-refractivity contribution < 1.29 is 9.53 Å². The van der Waals surface area contributed by atoms with Gasteiger partial charge >= 0.3 is 5.97 Å². The van der Waals surface area contributed by atoms with Gasteiger partial charge in [-0.1, -0.05) is 5.92 Å². The van der Waals surface area contributed by atoms with Gasteiger partial charge in [-0.05, 0) is 12.1 Å². The number of rotatable bonds is 3. The Morgan fingerprint density at radius 3 is 3.21 bits per heavy atom. The zero-order valence-electron chi connectivity index (χ0n) is 7.78. The summed E-state index contributed by atoms with van der Waals surface area (Å²) in [7, 11) is 1.33. The number of anilines is 1. The maximum Gasteiger partial charge on any atom is 0.338 e. The Hall–Kier alpha value is -2.02. The average Bonchev–Trinajstić information content (AvgIpc) is 2.25. The Labute approximate surface area is 82.3 Å². The largest absolute Gasteiger partial charge is 0.465 e. The van der Waals surface area contributed by atoms with Crippen LogP contribution < -0.4 is 5.32 Å². The van der Waals surface area contributed by atoms with Crippen molar-refractivity contribution in [1.29, 1.82) is 0 Å². The monoisotopic (exact) mass is 190 g/mol. The van der Waals surface area contributed by atoms with Gasteiger partial charge in [0.2, 0.25) is 0 Å². The molecule has 0 aliphatic heterocycles. The number of hydrogen-bond acceptors (Lipinski definition) is 4. The molecule has 0 unspecified atom stereocenters. The lowest BCUT2D eigenvalue weighted by Gasteiger charge is -2.03. The topological polar surface area (TPSA) is 51.2 Å². The summed E-state index contributed by atoms with van der Waals surface area (Å²) in [5, 5.41) is 2.86. The van der Waals surface area contributed by atoms with Crippen molar-refractivity contribution in [3.8, 4) is 12.3 Å². The highest BCUT2D eigenvalue weighted by Gasteiger charge is 2.05. The second-order valence-electron chi connectivity index (χ2n) is 2.48. The molecule has 0 fully saturated rings. The molecule has 0 saturated heterocycles. The summed E-state index contributed by atoms with van der Waals surface area (Å²) in [4.78, 5) is 15.1. The van der Waals surface area contributed by atoms with Gasteiger partial charge in [-0.15, -0.1) is 6.42 Å². The minimum Gasteiger partial charge on any atom is -0.465 e. The molecule has 0 atom stereocenters. The third-order valence-corrected chi connectivity index (χ3v) is 1.55. The fraction of sp³-hybridized carbons (Fsp3) is 0.200. The van der Waals surface area contributed by atoms with Crippen molar-refractivity contribution in [2.24, 2.45) is 0 Å². The molecule has 0 spiro atoms. The normalized spacial score (nSPS) is 8.86. The number of carbonyl (C=O) groups is 1. The zero-order valence-corrected chi connectivity index (χ0v) is 7.78. The predicted molar refractivity (Wildman–Crippen MR) is 52.9 cm³/mol. The number of hydrogen-bond donors (Lipinski definition) is 1. The summed E-state index contributed by atoms with van der Waals surface area (Å²) in [6.07, 6.45) is 6.59. The van der Waals surface area contributed by atoms with E-state index in [4.69, 9.17) is 6.42 Å². The van der Waals surface area contributed by atoms with Crippen LogP contribution in [0.1, 0.15) is 10.4 Å². The molecule has 1 rings (SSSR count). The second-order valence-corrected chi connectivity index (χ2v) is 2.48. The maximum absolute atomic E-state index is 11.1. The van der Waals surface area contributed by atoms with Gasteiger partial charge < -0.3 is 10.1 Å². The van der Waals surface area contributed by atoms with Gasteiger partial charge in [0.1, 0.15) is 5.82 Å². The summed E-state index contributed by atoms with van der Waals surface area (Å²) < 4.78 is 4.56. The molecule has 0 aromatic carbocycles. The Kier molecular flexibility index (Phi) is 3.50. The van der Waals surface area contributed by atoms with E-state index in [0.717, 1.165) is 0 Å². The number of terminal acetylenes is 1. The first-order valence-electron chi connectivity index (χ1n) is 3.99. The molecule has 1 N–H and O–H groups in total. The Morgan fingerprint density at radius 1 is 1.79 bits per heavy atom. The van der Waals surface area contributed by atoms with E-state index in [1.54, 1.807) is 12.1 Å². The molecule has 0 saturated carbocycles. The lowest BCUT2D eigenvalue weighted by atomic mass is 10.2. The van der Waals surface area contributed by atoms with Crippen molar-refractivity contribution in [2.75, 3.05) is 19.0 Å². The highest BCUT2D eigenvalue weighted by atomic mass is 16.5. The highest BCUT2D eigenvalue weighted by molar-refractivity contribution is 5.89. The molecule has 0 bridgehead atoms. The lowest BCUT2D eigenvalue weighted by molar-refractivity contribution is 0.0600. The third-order valence-electron chi connectivity index (χ3n) is 1.55. The van der Waals surface area contributed by atoms with E-state index in [1.807, 2.05) is 0 Å². The van der Waals surface area contributed by atoms with Crippen LogP contribution >= 0.6 is 0 Å². The Bertz CT molecular complexity index is 369. The van der Waals surface area contributed by atoms with E-state index >= 15 is 0 Å². The second kappa shape index (κ2) is 4.87. The average molecular weight is 190 g/mol. The third kappa shape index (κ3) is 2.49. The maximum atomic E-state index is 11.1. The van der Waals surface area contributed by atoms with Crippen molar-refractivity contribution in [3.05, 3.63) is 23.9 Å². The molecule has 1 aromatic rings. The van der Waals surface area contributed by atoms with E-state index < -0.39 is 5.97 Å².